The summed E-state index contributed by atoms with van der Waals surface area (Å²) in [6.45, 7) is 27.0. The SMILES string of the molecule is CC(C)(C)c1ccc2c(c1)OB1Oc3cc(C(C)(C)C)ccc3-c3c1c-2c1c2c3-c3ccc(C(C)(C)C)cc3OB2Oc2cc(C(C)(C)C)ccc2-1. The third-order valence-electron chi connectivity index (χ3n) is 11.5. The lowest BCUT2D eigenvalue weighted by atomic mass is 9.56. The lowest BCUT2D eigenvalue weighted by Crippen LogP contribution is -2.55. The normalized spacial score (nSPS) is 15.1. The quantitative estimate of drug-likeness (QED) is 0.152. The molecular weight excluding hydrogens is 638 g/mol. The fraction of sp³-hybridized carbons (Fsp3) is 0.348. The average molecular weight is 687 g/mol. The summed E-state index contributed by atoms with van der Waals surface area (Å²) < 4.78 is 28.0. The van der Waals surface area contributed by atoms with E-state index in [2.05, 4.69) is 156 Å². The van der Waals surface area contributed by atoms with Crippen molar-refractivity contribution in [1.82, 2.24) is 0 Å². The van der Waals surface area contributed by atoms with Crippen molar-refractivity contribution in [1.29, 1.82) is 0 Å². The van der Waals surface area contributed by atoms with Crippen molar-refractivity contribution in [2.45, 2.75) is 105 Å². The van der Waals surface area contributed by atoms with Crippen molar-refractivity contribution >= 4 is 25.2 Å². The molecule has 9 rings (SSSR count). The third kappa shape index (κ3) is 4.89. The molecule has 0 aliphatic carbocycles. The Balaban J connectivity index is 1.44. The summed E-state index contributed by atoms with van der Waals surface area (Å²) in [5.41, 5.74) is 15.7. The molecule has 0 spiro atoms. The molecule has 52 heavy (non-hydrogen) atoms. The van der Waals surface area contributed by atoms with Gasteiger partial charge in [0.15, 0.2) is 0 Å². The molecule has 0 N–H and O–H groups in total. The van der Waals surface area contributed by atoms with Gasteiger partial charge < -0.3 is 18.6 Å². The Hall–Kier alpha value is -4.57. The number of fused-ring (bicyclic) bond motifs is 10. The predicted molar refractivity (Wildman–Crippen MR) is 216 cm³/mol. The molecule has 0 aromatic heterocycles. The maximum absolute atomic E-state index is 7.01. The van der Waals surface area contributed by atoms with E-state index in [1.807, 2.05) is 0 Å². The van der Waals surface area contributed by atoms with E-state index >= 15 is 0 Å². The van der Waals surface area contributed by atoms with E-state index in [4.69, 9.17) is 18.6 Å². The maximum Gasteiger partial charge on any atom is 0.634 e. The fourth-order valence-corrected chi connectivity index (χ4v) is 8.30. The van der Waals surface area contributed by atoms with Gasteiger partial charge in [-0.25, -0.2) is 0 Å². The van der Waals surface area contributed by atoms with Crippen LogP contribution >= 0.6 is 0 Å². The molecule has 4 aliphatic rings. The minimum Gasteiger partial charge on any atom is -0.521 e. The van der Waals surface area contributed by atoms with Gasteiger partial charge in [0, 0.05) is 33.2 Å². The van der Waals surface area contributed by atoms with Crippen molar-refractivity contribution in [2.24, 2.45) is 0 Å². The van der Waals surface area contributed by atoms with E-state index in [-0.39, 0.29) is 21.7 Å². The van der Waals surface area contributed by atoms with Gasteiger partial charge in [-0.3, -0.25) is 0 Å². The number of benzene rings is 5. The molecule has 0 unspecified atom stereocenters. The highest BCUT2D eigenvalue weighted by Gasteiger charge is 2.52. The van der Waals surface area contributed by atoms with Gasteiger partial charge in [-0.05, 0) is 90.4 Å². The zero-order chi connectivity index (χ0) is 36.9. The highest BCUT2D eigenvalue weighted by Crippen LogP contribution is 2.54. The van der Waals surface area contributed by atoms with Crippen LogP contribution in [-0.2, 0) is 21.7 Å². The van der Waals surface area contributed by atoms with Gasteiger partial charge in [-0.2, -0.15) is 0 Å². The predicted octanol–water partition coefficient (Wildman–Crippen LogP) is 10.5. The van der Waals surface area contributed by atoms with Crippen LogP contribution in [-0.4, -0.2) is 14.2 Å². The molecule has 4 heterocycles. The second-order valence-electron chi connectivity index (χ2n) is 19.3. The Morgan fingerprint density at radius 2 is 0.538 bits per heavy atom. The van der Waals surface area contributed by atoms with Crippen molar-refractivity contribution in [3.8, 4) is 67.5 Å². The number of hydrogen-bond acceptors (Lipinski definition) is 4. The van der Waals surface area contributed by atoms with Crippen LogP contribution in [0.25, 0.3) is 44.5 Å². The van der Waals surface area contributed by atoms with Crippen LogP contribution in [0, 0.1) is 0 Å². The van der Waals surface area contributed by atoms with Gasteiger partial charge in [0.25, 0.3) is 0 Å². The highest BCUT2D eigenvalue weighted by molar-refractivity contribution is 6.73. The second-order valence-corrected chi connectivity index (χ2v) is 19.3. The van der Waals surface area contributed by atoms with Gasteiger partial charge in [0.2, 0.25) is 0 Å². The molecule has 5 aromatic rings. The van der Waals surface area contributed by atoms with Crippen LogP contribution in [0.2, 0.25) is 0 Å². The molecule has 0 atom stereocenters. The Morgan fingerprint density at radius 3 is 0.731 bits per heavy atom. The van der Waals surface area contributed by atoms with Gasteiger partial charge in [0.05, 0.1) is 0 Å². The maximum atomic E-state index is 7.01. The van der Waals surface area contributed by atoms with E-state index in [0.717, 1.165) is 78.4 Å². The Labute approximate surface area is 310 Å². The summed E-state index contributed by atoms with van der Waals surface area (Å²) in [5, 5.41) is 0. The first-order valence-electron chi connectivity index (χ1n) is 18.8. The Morgan fingerprint density at radius 1 is 0.327 bits per heavy atom. The summed E-state index contributed by atoms with van der Waals surface area (Å²) in [5.74, 6) is 3.35. The lowest BCUT2D eigenvalue weighted by molar-refractivity contribution is 0.430. The van der Waals surface area contributed by atoms with Crippen LogP contribution in [0.5, 0.6) is 23.0 Å². The van der Waals surface area contributed by atoms with E-state index in [1.165, 1.54) is 22.3 Å². The van der Waals surface area contributed by atoms with E-state index < -0.39 is 14.2 Å². The summed E-state index contributed by atoms with van der Waals surface area (Å²) in [6.07, 6.45) is 0. The van der Waals surface area contributed by atoms with Crippen molar-refractivity contribution in [2.75, 3.05) is 0 Å². The molecule has 0 radical (unpaired) electrons. The lowest BCUT2D eigenvalue weighted by Gasteiger charge is -2.41. The van der Waals surface area contributed by atoms with Crippen LogP contribution < -0.4 is 29.5 Å². The fourth-order valence-electron chi connectivity index (χ4n) is 8.30. The molecule has 0 bridgehead atoms. The van der Waals surface area contributed by atoms with E-state index in [0.29, 0.717) is 0 Å². The van der Waals surface area contributed by atoms with E-state index in [1.54, 1.807) is 0 Å². The molecule has 4 aliphatic heterocycles. The Bertz CT molecular complexity index is 2040. The van der Waals surface area contributed by atoms with Gasteiger partial charge in [-0.15, -0.1) is 0 Å². The smallest absolute Gasteiger partial charge is 0.521 e. The van der Waals surface area contributed by atoms with Gasteiger partial charge in [-0.1, -0.05) is 132 Å². The van der Waals surface area contributed by atoms with Crippen LogP contribution in [0.4, 0.5) is 0 Å². The van der Waals surface area contributed by atoms with E-state index in [9.17, 15) is 0 Å². The van der Waals surface area contributed by atoms with Crippen molar-refractivity contribution in [3.63, 3.8) is 0 Å². The minimum atomic E-state index is -0.629. The largest absolute Gasteiger partial charge is 0.634 e. The highest BCUT2D eigenvalue weighted by atomic mass is 16.6. The second kappa shape index (κ2) is 10.5. The molecule has 0 amide bonds. The van der Waals surface area contributed by atoms with Gasteiger partial charge >= 0.3 is 14.2 Å². The summed E-state index contributed by atoms with van der Waals surface area (Å²) in [7, 11) is -1.26. The minimum absolute atomic E-state index is 0.0477. The van der Waals surface area contributed by atoms with Crippen molar-refractivity contribution in [3.05, 3.63) is 95.1 Å². The zero-order valence-electron chi connectivity index (χ0n) is 32.7. The summed E-state index contributed by atoms with van der Waals surface area (Å²) in [6, 6.07) is 26.9. The average Bonchev–Trinajstić information content (AvgIpc) is 3.05. The zero-order valence-corrected chi connectivity index (χ0v) is 32.7. The first-order chi connectivity index (χ1) is 24.3. The molecule has 4 nitrogen and oxygen atoms in total. The molecule has 262 valence electrons. The molecule has 5 aromatic carbocycles. The third-order valence-corrected chi connectivity index (χ3v) is 11.5. The number of rotatable bonds is 0. The Kier molecular flexibility index (Phi) is 6.73. The molecular formula is C46H48B2O4. The van der Waals surface area contributed by atoms with Crippen LogP contribution in [0.3, 0.4) is 0 Å². The molecule has 0 fully saturated rings. The standard InChI is InChI=1S/C46H48B2O4/c1-43(2,3)25-13-17-29-33(21-25)49-47-41-37(29)38-30-18-14-27(45(7,8)9)23-35(30)51-48-42(38)40(32-20-16-28(46(10,11)12)24-36(32)52-48)39(41)31-19-15-26(44(4,5)6)22-34(31)50-47/h13-24H,1-12H3. The van der Waals surface area contributed by atoms with Gasteiger partial charge in [0.1, 0.15) is 23.0 Å². The number of hydrogen-bond donors (Lipinski definition) is 0. The molecule has 0 saturated heterocycles. The summed E-state index contributed by atoms with van der Waals surface area (Å²) >= 11 is 0. The first-order valence-corrected chi connectivity index (χ1v) is 18.8. The van der Waals surface area contributed by atoms with Crippen LogP contribution in [0.1, 0.15) is 105 Å². The summed E-state index contributed by atoms with van der Waals surface area (Å²) in [4.78, 5) is 0. The van der Waals surface area contributed by atoms with Crippen molar-refractivity contribution < 1.29 is 18.6 Å². The topological polar surface area (TPSA) is 36.9 Å². The van der Waals surface area contributed by atoms with Crippen LogP contribution in [0.15, 0.2) is 72.8 Å². The molecule has 0 saturated carbocycles. The monoisotopic (exact) mass is 686 g/mol. The molecule has 6 heteroatoms. The first kappa shape index (κ1) is 33.3.